The highest BCUT2D eigenvalue weighted by atomic mass is 32.1. The third-order valence-corrected chi connectivity index (χ3v) is 6.93. The van der Waals surface area contributed by atoms with Gasteiger partial charge < -0.3 is 0 Å². The third-order valence-electron chi connectivity index (χ3n) is 6.53. The van der Waals surface area contributed by atoms with Crippen LogP contribution in [-0.4, -0.2) is 38.8 Å². The van der Waals surface area contributed by atoms with E-state index in [1.807, 2.05) is 9.80 Å². The summed E-state index contributed by atoms with van der Waals surface area (Å²) in [7, 11) is 0. The van der Waals surface area contributed by atoms with Crippen LogP contribution in [0.4, 0.5) is 0 Å². The second kappa shape index (κ2) is 8.68. The lowest BCUT2D eigenvalue weighted by Crippen LogP contribution is -2.69. The van der Waals surface area contributed by atoms with Gasteiger partial charge in [0.15, 0.2) is 5.11 Å². The van der Waals surface area contributed by atoms with Gasteiger partial charge in [0.1, 0.15) is 5.41 Å². The Morgan fingerprint density at radius 1 is 0.815 bits per heavy atom. The number of carbonyl (C=O) groups is 2. The van der Waals surface area contributed by atoms with Crippen LogP contribution in [0.1, 0.15) is 77.0 Å². The van der Waals surface area contributed by atoms with Crippen molar-refractivity contribution in [2.75, 3.05) is 0 Å². The van der Waals surface area contributed by atoms with Gasteiger partial charge in [0.05, 0.1) is 0 Å². The van der Waals surface area contributed by atoms with E-state index >= 15 is 0 Å². The van der Waals surface area contributed by atoms with Crippen molar-refractivity contribution in [3.63, 3.8) is 0 Å². The molecule has 0 aromatic carbocycles. The summed E-state index contributed by atoms with van der Waals surface area (Å²) in [4.78, 5) is 31.0. The average molecular weight is 389 g/mol. The van der Waals surface area contributed by atoms with Gasteiger partial charge in [-0.15, -0.1) is 13.2 Å². The van der Waals surface area contributed by atoms with E-state index in [0.717, 1.165) is 51.4 Å². The van der Waals surface area contributed by atoms with Crippen LogP contribution in [0, 0.1) is 5.41 Å². The molecule has 0 bridgehead atoms. The van der Waals surface area contributed by atoms with Crippen molar-refractivity contribution < 1.29 is 9.59 Å². The van der Waals surface area contributed by atoms with Gasteiger partial charge in [0.25, 0.3) is 0 Å². The van der Waals surface area contributed by atoms with E-state index in [1.54, 1.807) is 12.2 Å². The molecule has 27 heavy (non-hydrogen) atoms. The number of nitrogens with zero attached hydrogens (tertiary/aromatic N) is 2. The summed E-state index contributed by atoms with van der Waals surface area (Å²) in [6.45, 7) is 7.67. The van der Waals surface area contributed by atoms with Crippen molar-refractivity contribution in [3.05, 3.63) is 25.3 Å². The number of hydrogen-bond donors (Lipinski definition) is 0. The Morgan fingerprint density at radius 2 is 1.19 bits per heavy atom. The molecular formula is C22H32N2O2S. The van der Waals surface area contributed by atoms with E-state index in [-0.39, 0.29) is 23.9 Å². The Balaban J connectivity index is 2.03. The van der Waals surface area contributed by atoms with Crippen LogP contribution in [0.15, 0.2) is 25.3 Å². The van der Waals surface area contributed by atoms with Gasteiger partial charge >= 0.3 is 0 Å². The zero-order valence-corrected chi connectivity index (χ0v) is 17.1. The second-order valence-electron chi connectivity index (χ2n) is 8.28. The maximum atomic E-state index is 13.7. The number of rotatable bonds is 6. The Hall–Kier alpha value is -1.49. The molecule has 0 aromatic rings. The topological polar surface area (TPSA) is 40.6 Å². The fourth-order valence-electron chi connectivity index (χ4n) is 5.09. The Bertz CT molecular complexity index is 566. The normalized spacial score (nSPS) is 25.0. The van der Waals surface area contributed by atoms with Crippen LogP contribution < -0.4 is 0 Å². The van der Waals surface area contributed by atoms with Crippen molar-refractivity contribution in [3.8, 4) is 0 Å². The summed E-state index contributed by atoms with van der Waals surface area (Å²) in [6, 6.07) is 0.235. The highest BCUT2D eigenvalue weighted by molar-refractivity contribution is 7.80. The van der Waals surface area contributed by atoms with Crippen molar-refractivity contribution in [2.24, 2.45) is 5.41 Å². The van der Waals surface area contributed by atoms with Crippen LogP contribution >= 0.6 is 12.2 Å². The summed E-state index contributed by atoms with van der Waals surface area (Å²) < 4.78 is 0. The molecule has 1 saturated heterocycles. The molecule has 0 radical (unpaired) electrons. The largest absolute Gasteiger partial charge is 0.285 e. The minimum absolute atomic E-state index is 0.118. The van der Waals surface area contributed by atoms with Gasteiger partial charge in [-0.3, -0.25) is 19.4 Å². The van der Waals surface area contributed by atoms with Gasteiger partial charge in [-0.05, 0) is 50.7 Å². The van der Waals surface area contributed by atoms with E-state index in [2.05, 4.69) is 13.2 Å². The molecular weight excluding hydrogens is 356 g/mol. The second-order valence-corrected chi connectivity index (χ2v) is 8.65. The molecule has 2 aliphatic carbocycles. The van der Waals surface area contributed by atoms with E-state index in [4.69, 9.17) is 12.2 Å². The first-order valence-corrected chi connectivity index (χ1v) is 10.9. The van der Waals surface area contributed by atoms with Crippen molar-refractivity contribution in [1.29, 1.82) is 0 Å². The van der Waals surface area contributed by atoms with Crippen molar-refractivity contribution >= 4 is 29.1 Å². The van der Waals surface area contributed by atoms with Crippen LogP contribution in [0.3, 0.4) is 0 Å². The molecule has 3 fully saturated rings. The monoisotopic (exact) mass is 388 g/mol. The smallest absolute Gasteiger partial charge is 0.245 e. The maximum Gasteiger partial charge on any atom is 0.245 e. The molecule has 1 aliphatic heterocycles. The Kier molecular flexibility index (Phi) is 6.51. The van der Waals surface area contributed by atoms with Crippen LogP contribution in [0.2, 0.25) is 0 Å². The molecule has 4 nitrogen and oxygen atoms in total. The van der Waals surface area contributed by atoms with Gasteiger partial charge in [-0.25, -0.2) is 0 Å². The van der Waals surface area contributed by atoms with Gasteiger partial charge in [-0.1, -0.05) is 50.7 Å². The van der Waals surface area contributed by atoms with E-state index in [0.29, 0.717) is 18.0 Å². The standard InChI is InChI=1S/C22H32N2O2S/c1-3-15-22(16-4-2)19(25)23(17-11-7-5-8-12-17)21(27)24(20(22)26)18-13-9-6-10-14-18/h3-4,17-18H,1-2,5-16H2. The highest BCUT2D eigenvalue weighted by Crippen LogP contribution is 2.42. The van der Waals surface area contributed by atoms with E-state index in [9.17, 15) is 9.59 Å². The molecule has 5 heteroatoms. The molecule has 148 valence electrons. The lowest BCUT2D eigenvalue weighted by molar-refractivity contribution is -0.159. The lowest BCUT2D eigenvalue weighted by Gasteiger charge is -2.51. The van der Waals surface area contributed by atoms with Crippen molar-refractivity contribution in [2.45, 2.75) is 89.1 Å². The molecule has 0 aromatic heterocycles. The lowest BCUT2D eigenvalue weighted by atomic mass is 9.75. The van der Waals surface area contributed by atoms with Gasteiger partial charge in [0.2, 0.25) is 11.8 Å². The molecule has 0 N–H and O–H groups in total. The number of carbonyl (C=O) groups excluding carboxylic acids is 2. The van der Waals surface area contributed by atoms with Crippen molar-refractivity contribution in [1.82, 2.24) is 9.80 Å². The first-order valence-electron chi connectivity index (χ1n) is 10.5. The zero-order chi connectivity index (χ0) is 19.4. The molecule has 0 atom stereocenters. The molecule has 2 amide bonds. The first-order chi connectivity index (χ1) is 13.1. The number of amides is 2. The van der Waals surface area contributed by atoms with Crippen LogP contribution in [0.5, 0.6) is 0 Å². The summed E-state index contributed by atoms with van der Waals surface area (Å²) in [5.41, 5.74) is -1.12. The summed E-state index contributed by atoms with van der Waals surface area (Å²) >= 11 is 5.79. The van der Waals surface area contributed by atoms with Gasteiger partial charge in [-0.2, -0.15) is 0 Å². The van der Waals surface area contributed by atoms with Crippen LogP contribution in [0.25, 0.3) is 0 Å². The Labute approximate surface area is 168 Å². The minimum atomic E-state index is -1.12. The molecule has 0 spiro atoms. The SMILES string of the molecule is C=CCC1(CC=C)C(=O)N(C2CCCCC2)C(=S)N(C2CCCCC2)C1=O. The zero-order valence-electron chi connectivity index (χ0n) is 16.3. The fourth-order valence-corrected chi connectivity index (χ4v) is 5.55. The molecule has 1 heterocycles. The summed E-state index contributed by atoms with van der Waals surface area (Å²) in [5, 5.41) is 0.451. The van der Waals surface area contributed by atoms with Gasteiger partial charge in [0, 0.05) is 12.1 Å². The van der Waals surface area contributed by atoms with E-state index in [1.165, 1.54) is 12.8 Å². The molecule has 2 saturated carbocycles. The predicted molar refractivity (Wildman–Crippen MR) is 112 cm³/mol. The first kappa shape index (κ1) is 20.2. The molecule has 3 aliphatic rings. The quantitative estimate of drug-likeness (QED) is 0.375. The summed E-state index contributed by atoms with van der Waals surface area (Å²) in [5.74, 6) is -0.257. The third kappa shape index (κ3) is 3.63. The number of hydrogen-bond acceptors (Lipinski definition) is 3. The Morgan fingerprint density at radius 3 is 1.52 bits per heavy atom. The van der Waals surface area contributed by atoms with E-state index < -0.39 is 5.41 Å². The van der Waals surface area contributed by atoms with Crippen LogP contribution in [-0.2, 0) is 9.59 Å². The predicted octanol–water partition coefficient (Wildman–Crippen LogP) is 4.75. The minimum Gasteiger partial charge on any atom is -0.285 e. The fraction of sp³-hybridized carbons (Fsp3) is 0.682. The number of allylic oxidation sites excluding steroid dienone is 2. The molecule has 3 rings (SSSR count). The average Bonchev–Trinajstić information content (AvgIpc) is 2.68. The highest BCUT2D eigenvalue weighted by Gasteiger charge is 2.57. The summed E-state index contributed by atoms with van der Waals surface area (Å²) in [6.07, 6.45) is 14.8. The maximum absolute atomic E-state index is 13.7. The number of thiocarbonyl (C=S) groups is 1. The molecule has 0 unspecified atom stereocenters.